The van der Waals surface area contributed by atoms with Crippen LogP contribution in [0.25, 0.3) is 0 Å². The number of carbonyl (C=O) groups excluding carboxylic acids is 1. The fourth-order valence-corrected chi connectivity index (χ4v) is 1.57. The number of nitrogens with zero attached hydrogens (tertiary/aromatic N) is 2. The Morgan fingerprint density at radius 1 is 1.63 bits per heavy atom. The van der Waals surface area contributed by atoms with Crippen molar-refractivity contribution in [3.05, 3.63) is 39.4 Å². The molecule has 0 aliphatic heterocycles. The molecule has 2 N–H and O–H groups in total. The van der Waals surface area contributed by atoms with Gasteiger partial charge in [0.1, 0.15) is 6.04 Å². The highest BCUT2D eigenvalue weighted by Crippen LogP contribution is 2.21. The number of ether oxygens (including phenoxy) is 1. The number of benzene rings is 1. The highest BCUT2D eigenvalue weighted by Gasteiger charge is 2.21. The molecule has 0 heterocycles. The predicted octanol–water partition coefficient (Wildman–Crippen LogP) is 0.899. The van der Waals surface area contributed by atoms with Gasteiger partial charge in [-0.3, -0.25) is 14.9 Å². The quantitative estimate of drug-likeness (QED) is 0.478. The van der Waals surface area contributed by atoms with Crippen LogP contribution in [0.4, 0.5) is 5.69 Å². The number of nitro groups is 1. The Morgan fingerprint density at radius 2 is 2.32 bits per heavy atom. The summed E-state index contributed by atoms with van der Waals surface area (Å²) in [7, 11) is 0. The molecule has 1 atom stereocenters. The van der Waals surface area contributed by atoms with Crippen molar-refractivity contribution in [2.45, 2.75) is 19.4 Å². The van der Waals surface area contributed by atoms with Crippen molar-refractivity contribution in [1.82, 2.24) is 0 Å². The van der Waals surface area contributed by atoms with E-state index in [0.717, 1.165) is 0 Å². The van der Waals surface area contributed by atoms with Crippen molar-refractivity contribution < 1.29 is 14.5 Å². The molecule has 0 bridgehead atoms. The lowest BCUT2D eigenvalue weighted by Crippen LogP contribution is -2.34. The highest BCUT2D eigenvalue weighted by molar-refractivity contribution is 5.76. The van der Waals surface area contributed by atoms with Gasteiger partial charge < -0.3 is 10.5 Å². The Balaban J connectivity index is 3.01. The molecule has 0 fully saturated rings. The molecule has 100 valence electrons. The molecular formula is C12H13N3O4. The molecule has 0 saturated carbocycles. The first-order valence-electron chi connectivity index (χ1n) is 5.59. The largest absolute Gasteiger partial charge is 0.465 e. The van der Waals surface area contributed by atoms with Gasteiger partial charge in [-0.05, 0) is 19.1 Å². The third-order valence-corrected chi connectivity index (χ3v) is 2.43. The zero-order valence-electron chi connectivity index (χ0n) is 10.3. The van der Waals surface area contributed by atoms with E-state index in [1.165, 1.54) is 18.2 Å². The molecule has 7 nitrogen and oxygen atoms in total. The van der Waals surface area contributed by atoms with Gasteiger partial charge in [0.25, 0.3) is 5.69 Å². The first-order chi connectivity index (χ1) is 8.99. The first kappa shape index (κ1) is 14.6. The summed E-state index contributed by atoms with van der Waals surface area (Å²) >= 11 is 0. The second kappa shape index (κ2) is 6.47. The van der Waals surface area contributed by atoms with Gasteiger partial charge in [-0.15, -0.1) is 0 Å². The molecule has 1 aromatic rings. The summed E-state index contributed by atoms with van der Waals surface area (Å²) in [4.78, 5) is 21.7. The van der Waals surface area contributed by atoms with E-state index in [9.17, 15) is 14.9 Å². The SMILES string of the molecule is CCOC(=O)C(N)Cc1cc(C#N)ccc1[N+](=O)[O-]. The molecule has 0 aliphatic rings. The topological polar surface area (TPSA) is 119 Å². The Hall–Kier alpha value is -2.46. The maximum Gasteiger partial charge on any atom is 0.323 e. The van der Waals surface area contributed by atoms with Crippen LogP contribution in [0.5, 0.6) is 0 Å². The second-order valence-corrected chi connectivity index (χ2v) is 3.78. The third-order valence-electron chi connectivity index (χ3n) is 2.43. The summed E-state index contributed by atoms with van der Waals surface area (Å²) in [5, 5.41) is 19.6. The molecular weight excluding hydrogens is 250 g/mol. The van der Waals surface area contributed by atoms with Crippen molar-refractivity contribution in [3.63, 3.8) is 0 Å². The van der Waals surface area contributed by atoms with Crippen LogP contribution >= 0.6 is 0 Å². The number of hydrogen-bond donors (Lipinski definition) is 1. The zero-order chi connectivity index (χ0) is 14.4. The summed E-state index contributed by atoms with van der Waals surface area (Å²) in [5.41, 5.74) is 5.96. The van der Waals surface area contributed by atoms with Crippen LogP contribution < -0.4 is 5.73 Å². The van der Waals surface area contributed by atoms with Crippen molar-refractivity contribution in [2.75, 3.05) is 6.61 Å². The molecule has 1 rings (SSSR count). The van der Waals surface area contributed by atoms with E-state index in [-0.39, 0.29) is 29.8 Å². The van der Waals surface area contributed by atoms with Crippen molar-refractivity contribution >= 4 is 11.7 Å². The summed E-state index contributed by atoms with van der Waals surface area (Å²) in [6.07, 6.45) is -0.0509. The average Bonchev–Trinajstić information content (AvgIpc) is 2.38. The minimum atomic E-state index is -0.993. The molecule has 0 aromatic heterocycles. The maximum atomic E-state index is 11.4. The fourth-order valence-electron chi connectivity index (χ4n) is 1.57. The number of hydrogen-bond acceptors (Lipinski definition) is 6. The summed E-state index contributed by atoms with van der Waals surface area (Å²) in [6, 6.07) is 4.82. The highest BCUT2D eigenvalue weighted by atomic mass is 16.6. The first-order valence-corrected chi connectivity index (χ1v) is 5.59. The van der Waals surface area contributed by atoms with Crippen molar-refractivity contribution in [3.8, 4) is 6.07 Å². The normalized spacial score (nSPS) is 11.4. The Labute approximate surface area is 109 Å². The predicted molar refractivity (Wildman–Crippen MR) is 66.1 cm³/mol. The van der Waals surface area contributed by atoms with Gasteiger partial charge in [-0.25, -0.2) is 0 Å². The van der Waals surface area contributed by atoms with E-state index in [4.69, 9.17) is 15.7 Å². The number of nitro benzene ring substituents is 1. The van der Waals surface area contributed by atoms with Crippen LogP contribution in [0.15, 0.2) is 18.2 Å². The van der Waals surface area contributed by atoms with Crippen LogP contribution in [0, 0.1) is 21.4 Å². The van der Waals surface area contributed by atoms with E-state index >= 15 is 0 Å². The van der Waals surface area contributed by atoms with Gasteiger partial charge in [0.15, 0.2) is 0 Å². The lowest BCUT2D eigenvalue weighted by atomic mass is 10.0. The van der Waals surface area contributed by atoms with E-state index in [1.807, 2.05) is 6.07 Å². The van der Waals surface area contributed by atoms with Gasteiger partial charge in [-0.2, -0.15) is 5.26 Å². The maximum absolute atomic E-state index is 11.4. The molecule has 1 unspecified atom stereocenters. The minimum Gasteiger partial charge on any atom is -0.465 e. The van der Waals surface area contributed by atoms with E-state index in [0.29, 0.717) is 0 Å². The van der Waals surface area contributed by atoms with Gasteiger partial charge in [-0.1, -0.05) is 0 Å². The molecule has 1 aromatic carbocycles. The van der Waals surface area contributed by atoms with E-state index in [1.54, 1.807) is 6.92 Å². The molecule has 0 aliphatic carbocycles. The Bertz CT molecular complexity index is 536. The molecule has 0 spiro atoms. The lowest BCUT2D eigenvalue weighted by molar-refractivity contribution is -0.385. The molecule has 0 amide bonds. The smallest absolute Gasteiger partial charge is 0.323 e. The number of nitrogens with two attached hydrogens (primary N) is 1. The van der Waals surface area contributed by atoms with Crippen LogP contribution in [0.1, 0.15) is 18.1 Å². The third kappa shape index (κ3) is 3.76. The molecule has 19 heavy (non-hydrogen) atoms. The minimum absolute atomic E-state index is 0.0509. The Morgan fingerprint density at radius 3 is 2.84 bits per heavy atom. The Kier molecular flexibility index (Phi) is 4.97. The summed E-state index contributed by atoms with van der Waals surface area (Å²) < 4.78 is 4.73. The fraction of sp³-hybridized carbons (Fsp3) is 0.333. The van der Waals surface area contributed by atoms with Crippen LogP contribution in [-0.4, -0.2) is 23.5 Å². The van der Waals surface area contributed by atoms with E-state index < -0.39 is 16.9 Å². The van der Waals surface area contributed by atoms with Gasteiger partial charge >= 0.3 is 5.97 Å². The summed E-state index contributed by atoms with van der Waals surface area (Å²) in [5.74, 6) is -0.626. The van der Waals surface area contributed by atoms with Crippen LogP contribution in [-0.2, 0) is 16.0 Å². The second-order valence-electron chi connectivity index (χ2n) is 3.78. The number of esters is 1. The lowest BCUT2D eigenvalue weighted by Gasteiger charge is -2.10. The summed E-state index contributed by atoms with van der Waals surface area (Å²) in [6.45, 7) is 1.83. The van der Waals surface area contributed by atoms with Gasteiger partial charge in [0.05, 0.1) is 23.2 Å². The van der Waals surface area contributed by atoms with Crippen LogP contribution in [0.2, 0.25) is 0 Å². The monoisotopic (exact) mass is 263 g/mol. The standard InChI is InChI=1S/C12H13N3O4/c1-2-19-12(16)10(14)6-9-5-8(7-13)3-4-11(9)15(17)18/h3-5,10H,2,6,14H2,1H3. The van der Waals surface area contributed by atoms with Crippen molar-refractivity contribution in [2.24, 2.45) is 5.73 Å². The molecule has 0 saturated heterocycles. The van der Waals surface area contributed by atoms with Gasteiger partial charge in [0, 0.05) is 18.1 Å². The molecule has 0 radical (unpaired) electrons. The number of rotatable bonds is 5. The number of nitriles is 1. The number of carbonyl (C=O) groups is 1. The average molecular weight is 263 g/mol. The van der Waals surface area contributed by atoms with Gasteiger partial charge in [0.2, 0.25) is 0 Å². The van der Waals surface area contributed by atoms with Crippen LogP contribution in [0.3, 0.4) is 0 Å². The zero-order valence-corrected chi connectivity index (χ0v) is 10.3. The van der Waals surface area contributed by atoms with Crippen molar-refractivity contribution in [1.29, 1.82) is 5.26 Å². The molecule has 7 heteroatoms. The van der Waals surface area contributed by atoms with E-state index in [2.05, 4.69) is 0 Å².